The molecule has 4 aromatic rings. The Morgan fingerprint density at radius 1 is 1.04 bits per heavy atom. The molecule has 1 saturated heterocycles. The van der Waals surface area contributed by atoms with Gasteiger partial charge in [-0.15, -0.1) is 0 Å². The number of carboxylic acids is 1. The Hall–Kier alpha value is -4.60. The van der Waals surface area contributed by atoms with Crippen LogP contribution in [0.4, 0.5) is 10.5 Å². The van der Waals surface area contributed by atoms with Gasteiger partial charge in [0.1, 0.15) is 15.4 Å². The number of benzene rings is 2. The van der Waals surface area contributed by atoms with Gasteiger partial charge in [-0.2, -0.15) is 4.31 Å². The number of likely N-dealkylation sites (tertiary alicyclic amines) is 1. The summed E-state index contributed by atoms with van der Waals surface area (Å²) < 4.78 is 39.9. The molecule has 2 aliphatic heterocycles. The minimum Gasteiger partial charge on any atom is -0.481 e. The number of aromatic nitrogens is 2. The van der Waals surface area contributed by atoms with Crippen molar-refractivity contribution in [2.75, 3.05) is 45.3 Å². The van der Waals surface area contributed by atoms with Gasteiger partial charge in [0.15, 0.2) is 0 Å². The van der Waals surface area contributed by atoms with Crippen molar-refractivity contribution >= 4 is 55.4 Å². The van der Waals surface area contributed by atoms with Gasteiger partial charge in [-0.05, 0) is 48.2 Å². The molecule has 4 heterocycles. The van der Waals surface area contributed by atoms with Crippen molar-refractivity contribution in [3.8, 4) is 5.88 Å². The van der Waals surface area contributed by atoms with Crippen molar-refractivity contribution in [1.29, 1.82) is 0 Å². The van der Waals surface area contributed by atoms with Crippen LogP contribution < -0.4 is 9.64 Å². The standard InChI is InChI=1S/C33H35N5O8S2/c1-45-27-13-11-25-31(35-27)47-28(34-25)18-29(39)38-21-33(14-16-36(20-33)32(42)46-2)24-17-23(10-12-26(24)38)48(43,44)37(15-6-9-30(40)41)19-22-7-4-3-5-8-22/h3-5,7-8,10-13,17H,6,9,14-16,18-21H2,1-2H3,(H,40,41)/t33-/m0/s1. The third kappa shape index (κ3) is 6.57. The molecule has 0 unspecified atom stereocenters. The second-order valence-electron chi connectivity index (χ2n) is 11.9. The third-order valence-electron chi connectivity index (χ3n) is 8.80. The summed E-state index contributed by atoms with van der Waals surface area (Å²) in [6.07, 6.45) is -0.0203. The molecular weight excluding hydrogens is 659 g/mol. The van der Waals surface area contributed by atoms with E-state index in [2.05, 4.69) is 9.97 Å². The average Bonchev–Trinajstić information content (AvgIpc) is 3.79. The first-order chi connectivity index (χ1) is 23.0. The SMILES string of the molecule is COC(=O)N1CC[C@]2(C1)CN(C(=O)Cc1nc3ccc(OC)nc3s1)c1ccc(S(=O)(=O)N(CCCC(=O)O)Cc3ccccc3)cc12. The molecule has 2 amide bonds. The Balaban J connectivity index is 1.34. The lowest BCUT2D eigenvalue weighted by Gasteiger charge is -2.26. The summed E-state index contributed by atoms with van der Waals surface area (Å²) >= 11 is 1.30. The van der Waals surface area contributed by atoms with Crippen molar-refractivity contribution in [2.24, 2.45) is 0 Å². The van der Waals surface area contributed by atoms with Crippen molar-refractivity contribution in [3.05, 3.63) is 76.8 Å². The molecule has 2 aliphatic rings. The van der Waals surface area contributed by atoms with E-state index in [1.807, 2.05) is 30.3 Å². The number of rotatable bonds is 11. The second-order valence-corrected chi connectivity index (χ2v) is 14.9. The van der Waals surface area contributed by atoms with Gasteiger partial charge >= 0.3 is 12.1 Å². The van der Waals surface area contributed by atoms with Crippen LogP contribution in [-0.4, -0.2) is 91.1 Å². The first-order valence-corrected chi connectivity index (χ1v) is 17.6. The van der Waals surface area contributed by atoms with Crippen LogP contribution in [0.3, 0.4) is 0 Å². The van der Waals surface area contributed by atoms with E-state index in [0.29, 0.717) is 45.5 Å². The molecule has 0 aliphatic carbocycles. The first-order valence-electron chi connectivity index (χ1n) is 15.4. The molecule has 1 atom stereocenters. The number of amides is 2. The smallest absolute Gasteiger partial charge is 0.409 e. The van der Waals surface area contributed by atoms with Crippen LogP contribution in [0.15, 0.2) is 65.6 Å². The molecule has 252 valence electrons. The van der Waals surface area contributed by atoms with E-state index in [9.17, 15) is 27.9 Å². The number of thiazole rings is 1. The number of fused-ring (bicyclic) bond motifs is 3. The molecule has 0 bridgehead atoms. The van der Waals surface area contributed by atoms with Crippen LogP contribution in [0.5, 0.6) is 5.88 Å². The lowest BCUT2D eigenvalue weighted by Crippen LogP contribution is -2.40. The Labute approximate surface area is 281 Å². The monoisotopic (exact) mass is 693 g/mol. The zero-order chi connectivity index (χ0) is 34.1. The number of hydrogen-bond donors (Lipinski definition) is 1. The van der Waals surface area contributed by atoms with Gasteiger partial charge in [0.05, 0.1) is 25.5 Å². The van der Waals surface area contributed by atoms with Crippen molar-refractivity contribution in [1.82, 2.24) is 19.2 Å². The van der Waals surface area contributed by atoms with Gasteiger partial charge in [-0.25, -0.2) is 23.2 Å². The van der Waals surface area contributed by atoms with E-state index < -0.39 is 27.5 Å². The number of sulfonamides is 1. The van der Waals surface area contributed by atoms with Crippen LogP contribution in [-0.2, 0) is 42.7 Å². The Kier molecular flexibility index (Phi) is 9.36. The number of pyridine rings is 1. The van der Waals surface area contributed by atoms with E-state index in [4.69, 9.17) is 9.47 Å². The van der Waals surface area contributed by atoms with E-state index in [1.54, 1.807) is 34.1 Å². The van der Waals surface area contributed by atoms with Crippen LogP contribution in [0, 0.1) is 0 Å². The van der Waals surface area contributed by atoms with E-state index in [-0.39, 0.29) is 56.2 Å². The molecule has 48 heavy (non-hydrogen) atoms. The second kappa shape index (κ2) is 13.5. The Morgan fingerprint density at radius 2 is 1.83 bits per heavy atom. The summed E-state index contributed by atoms with van der Waals surface area (Å²) in [5, 5.41) is 9.79. The summed E-state index contributed by atoms with van der Waals surface area (Å²) in [5.41, 5.74) is 1.93. The minimum atomic E-state index is -4.10. The molecule has 1 N–H and O–H groups in total. The van der Waals surface area contributed by atoms with Gasteiger partial charge in [0, 0.05) is 56.3 Å². The molecule has 15 heteroatoms. The predicted octanol–water partition coefficient (Wildman–Crippen LogP) is 4.05. The first kappa shape index (κ1) is 33.3. The van der Waals surface area contributed by atoms with Crippen molar-refractivity contribution < 1.29 is 37.4 Å². The zero-order valence-electron chi connectivity index (χ0n) is 26.5. The highest BCUT2D eigenvalue weighted by Crippen LogP contribution is 2.48. The molecule has 2 aromatic heterocycles. The maximum Gasteiger partial charge on any atom is 0.409 e. The van der Waals surface area contributed by atoms with Crippen LogP contribution >= 0.6 is 11.3 Å². The van der Waals surface area contributed by atoms with Gasteiger partial charge < -0.3 is 24.4 Å². The van der Waals surface area contributed by atoms with E-state index in [0.717, 1.165) is 5.56 Å². The highest BCUT2D eigenvalue weighted by molar-refractivity contribution is 7.89. The fourth-order valence-electron chi connectivity index (χ4n) is 6.42. The number of nitrogens with zero attached hydrogens (tertiary/aromatic N) is 5. The predicted molar refractivity (Wildman–Crippen MR) is 178 cm³/mol. The summed E-state index contributed by atoms with van der Waals surface area (Å²) in [7, 11) is -1.26. The van der Waals surface area contributed by atoms with Gasteiger partial charge in [-0.1, -0.05) is 41.7 Å². The minimum absolute atomic E-state index is 0.00799. The summed E-state index contributed by atoms with van der Waals surface area (Å²) in [5.74, 6) is -0.772. The quantitative estimate of drug-likeness (QED) is 0.243. The van der Waals surface area contributed by atoms with Crippen LogP contribution in [0.2, 0.25) is 0 Å². The average molecular weight is 694 g/mol. The van der Waals surface area contributed by atoms with E-state index >= 15 is 0 Å². The van der Waals surface area contributed by atoms with Crippen LogP contribution in [0.25, 0.3) is 10.3 Å². The van der Waals surface area contributed by atoms with E-state index in [1.165, 1.54) is 35.9 Å². The highest BCUT2D eigenvalue weighted by Gasteiger charge is 2.50. The number of carboxylic acid groups (broad SMARTS) is 1. The van der Waals surface area contributed by atoms with Gasteiger partial charge in [0.25, 0.3) is 0 Å². The summed E-state index contributed by atoms with van der Waals surface area (Å²) in [6.45, 7) is 0.953. The number of anilines is 1. The Morgan fingerprint density at radius 3 is 2.56 bits per heavy atom. The fourth-order valence-corrected chi connectivity index (χ4v) is 8.83. The van der Waals surface area contributed by atoms with Crippen LogP contribution in [0.1, 0.15) is 35.4 Å². The largest absolute Gasteiger partial charge is 0.481 e. The maximum absolute atomic E-state index is 14.2. The number of carbonyl (C=O) groups is 3. The molecule has 6 rings (SSSR count). The number of carbonyl (C=O) groups excluding carboxylic acids is 2. The van der Waals surface area contributed by atoms with Gasteiger partial charge in [-0.3, -0.25) is 9.59 Å². The molecule has 2 aromatic carbocycles. The summed E-state index contributed by atoms with van der Waals surface area (Å²) in [6, 6.07) is 17.4. The number of aliphatic carboxylic acids is 1. The summed E-state index contributed by atoms with van der Waals surface area (Å²) in [4.78, 5) is 50.6. The molecule has 0 saturated carbocycles. The topological polar surface area (TPSA) is 160 Å². The maximum atomic E-state index is 14.2. The highest BCUT2D eigenvalue weighted by atomic mass is 32.2. The molecule has 1 spiro atoms. The zero-order valence-corrected chi connectivity index (χ0v) is 28.1. The molecule has 0 radical (unpaired) electrons. The van der Waals surface area contributed by atoms with Crippen molar-refractivity contribution in [2.45, 2.75) is 42.5 Å². The lowest BCUT2D eigenvalue weighted by atomic mass is 9.81. The van der Waals surface area contributed by atoms with Gasteiger partial charge in [0.2, 0.25) is 21.8 Å². The molecule has 1 fully saturated rings. The lowest BCUT2D eigenvalue weighted by molar-refractivity contribution is -0.137. The van der Waals surface area contributed by atoms with Crippen molar-refractivity contribution in [3.63, 3.8) is 0 Å². The number of methoxy groups -OCH3 is 2. The normalized spacial score (nSPS) is 17.3. The molecule has 13 nitrogen and oxygen atoms in total. The fraction of sp³-hybridized carbons (Fsp3) is 0.364. The Bertz CT molecular complexity index is 1970. The third-order valence-corrected chi connectivity index (χ3v) is 11.6. The number of hydrogen-bond acceptors (Lipinski definition) is 10. The molecular formula is C33H35N5O8S2. The number of ether oxygens (including phenoxy) is 2.